The second-order valence-corrected chi connectivity index (χ2v) is 5.25. The first-order valence-electron chi connectivity index (χ1n) is 8.46. The Balaban J connectivity index is -0.000000157. The van der Waals surface area contributed by atoms with Gasteiger partial charge in [0.2, 0.25) is 0 Å². The Morgan fingerprint density at radius 2 is 0.375 bits per heavy atom. The molecule has 0 saturated carbocycles. The largest absolute Gasteiger partial charge is 1.00 e. The van der Waals surface area contributed by atoms with Gasteiger partial charge in [-0.3, -0.25) is 0 Å². The van der Waals surface area contributed by atoms with Gasteiger partial charge in [-0.05, 0) is 0 Å². The van der Waals surface area contributed by atoms with Crippen LogP contribution in [0.4, 0.5) is 0 Å². The van der Waals surface area contributed by atoms with Crippen molar-refractivity contribution in [3.8, 4) is 23.0 Å². The Morgan fingerprint density at radius 1 is 0.250 bits per heavy atom. The molecule has 4 aromatic carbocycles. The fraction of sp³-hybridized carbons (Fsp3) is 0. The molecule has 0 atom stereocenters. The third-order valence-corrected chi connectivity index (χ3v) is 2.97. The summed E-state index contributed by atoms with van der Waals surface area (Å²) >= 11 is 0. The SMILES string of the molecule is [Na+].[Na+].[Na+].[Na+].[O-]c1ccccc1.[O-]c1ccccc1.[O-]c1ccccc1.[O-]c1ccccc1. The van der Waals surface area contributed by atoms with E-state index in [0.717, 1.165) is 0 Å². The van der Waals surface area contributed by atoms with Crippen molar-refractivity contribution in [1.82, 2.24) is 0 Å². The van der Waals surface area contributed by atoms with Crippen molar-refractivity contribution in [3.63, 3.8) is 0 Å². The van der Waals surface area contributed by atoms with Crippen LogP contribution in [-0.4, -0.2) is 0 Å². The maximum absolute atomic E-state index is 10.3. The maximum atomic E-state index is 10.3. The molecule has 0 heterocycles. The van der Waals surface area contributed by atoms with Gasteiger partial charge in [-0.2, -0.15) is 0 Å². The predicted molar refractivity (Wildman–Crippen MR) is 104 cm³/mol. The van der Waals surface area contributed by atoms with Crippen molar-refractivity contribution in [3.05, 3.63) is 121 Å². The summed E-state index contributed by atoms with van der Waals surface area (Å²) in [5.74, 6) is 0.287. The Hall–Kier alpha value is 0.0800. The summed E-state index contributed by atoms with van der Waals surface area (Å²) in [6, 6.07) is 33.3. The summed E-state index contributed by atoms with van der Waals surface area (Å²) in [4.78, 5) is 0. The van der Waals surface area contributed by atoms with Gasteiger partial charge < -0.3 is 20.4 Å². The zero-order chi connectivity index (χ0) is 20.5. The van der Waals surface area contributed by atoms with Crippen molar-refractivity contribution in [2.45, 2.75) is 0 Å². The summed E-state index contributed by atoms with van der Waals surface area (Å²) in [6.07, 6.45) is 0. The molecule has 0 aliphatic heterocycles. The van der Waals surface area contributed by atoms with Crippen LogP contribution < -0.4 is 139 Å². The molecule has 0 fully saturated rings. The standard InChI is InChI=1S/4C6H6O.4Na/c4*7-6-4-2-1-3-5-6;;;;/h4*1-5,7H;;;;/q;;;;4*+1/p-4. The van der Waals surface area contributed by atoms with Crippen LogP contribution in [0.5, 0.6) is 23.0 Å². The minimum atomic E-state index is 0. The first-order chi connectivity index (χ1) is 13.6. The van der Waals surface area contributed by atoms with Gasteiger partial charge in [-0.25, -0.2) is 0 Å². The molecule has 32 heavy (non-hydrogen) atoms. The molecule has 4 nitrogen and oxygen atoms in total. The molecular weight excluding hydrogens is 444 g/mol. The van der Waals surface area contributed by atoms with E-state index in [1.807, 2.05) is 24.3 Å². The van der Waals surface area contributed by atoms with Crippen LogP contribution in [0.1, 0.15) is 0 Å². The van der Waals surface area contributed by atoms with E-state index in [9.17, 15) is 20.4 Å². The van der Waals surface area contributed by atoms with Crippen LogP contribution in [0.3, 0.4) is 0 Å². The summed E-state index contributed by atoms with van der Waals surface area (Å²) in [5, 5.41) is 41.1. The Kier molecular flexibility index (Phi) is 33.6. The Morgan fingerprint density at radius 3 is 0.438 bits per heavy atom. The molecule has 4 aromatic rings. The van der Waals surface area contributed by atoms with Crippen molar-refractivity contribution < 1.29 is 139 Å². The summed E-state index contributed by atoms with van der Waals surface area (Å²) < 4.78 is 0. The fourth-order valence-electron chi connectivity index (χ4n) is 1.68. The van der Waals surface area contributed by atoms with Gasteiger partial charge in [0.25, 0.3) is 0 Å². The fourth-order valence-corrected chi connectivity index (χ4v) is 1.68. The number of hydrogen-bond donors (Lipinski definition) is 0. The molecule has 144 valence electrons. The van der Waals surface area contributed by atoms with E-state index in [4.69, 9.17) is 0 Å². The zero-order valence-corrected chi connectivity index (χ0v) is 27.2. The van der Waals surface area contributed by atoms with Crippen LogP contribution in [0, 0.1) is 0 Å². The van der Waals surface area contributed by atoms with Crippen LogP contribution >= 0.6 is 0 Å². The van der Waals surface area contributed by atoms with E-state index >= 15 is 0 Å². The van der Waals surface area contributed by atoms with Crippen molar-refractivity contribution in [1.29, 1.82) is 0 Å². The molecule has 4 rings (SSSR count). The van der Waals surface area contributed by atoms with Gasteiger partial charge in [0.05, 0.1) is 0 Å². The third kappa shape index (κ3) is 24.7. The number of rotatable bonds is 0. The molecule has 0 aromatic heterocycles. The number of benzene rings is 4. The maximum Gasteiger partial charge on any atom is 1.00 e. The van der Waals surface area contributed by atoms with E-state index < -0.39 is 0 Å². The average Bonchev–Trinajstić information content (AvgIpc) is 2.72. The first kappa shape index (κ1) is 39.3. The summed E-state index contributed by atoms with van der Waals surface area (Å²) in [5.41, 5.74) is 0. The Labute approximate surface area is 278 Å². The smallest absolute Gasteiger partial charge is 0.872 e. The molecule has 0 aliphatic carbocycles. The summed E-state index contributed by atoms with van der Waals surface area (Å²) in [6.45, 7) is 0. The molecule has 0 amide bonds. The van der Waals surface area contributed by atoms with E-state index in [-0.39, 0.29) is 141 Å². The molecule has 0 radical (unpaired) electrons. The van der Waals surface area contributed by atoms with Crippen LogP contribution in [0.15, 0.2) is 121 Å². The molecule has 0 unspecified atom stereocenters. The van der Waals surface area contributed by atoms with Crippen molar-refractivity contribution in [2.24, 2.45) is 0 Å². The first-order valence-corrected chi connectivity index (χ1v) is 8.46. The van der Waals surface area contributed by atoms with E-state index in [2.05, 4.69) is 0 Å². The van der Waals surface area contributed by atoms with Gasteiger partial charge in [0.15, 0.2) is 0 Å². The van der Waals surface area contributed by atoms with E-state index in [1.165, 1.54) is 48.5 Å². The second kappa shape index (κ2) is 27.3. The van der Waals surface area contributed by atoms with Crippen molar-refractivity contribution >= 4 is 0 Å². The van der Waals surface area contributed by atoms with Crippen LogP contribution in [-0.2, 0) is 0 Å². The normalized spacial score (nSPS) is 7.50. The van der Waals surface area contributed by atoms with E-state index in [1.54, 1.807) is 48.5 Å². The number of hydrogen-bond acceptors (Lipinski definition) is 4. The topological polar surface area (TPSA) is 92.2 Å². The Bertz CT molecular complexity index is 704. The third-order valence-electron chi connectivity index (χ3n) is 2.97. The molecule has 0 spiro atoms. The molecule has 0 aliphatic rings. The van der Waals surface area contributed by atoms with Gasteiger partial charge in [0.1, 0.15) is 0 Å². The molecule has 0 saturated heterocycles. The van der Waals surface area contributed by atoms with Gasteiger partial charge in [0, 0.05) is 0 Å². The van der Waals surface area contributed by atoms with Crippen LogP contribution in [0.25, 0.3) is 0 Å². The summed E-state index contributed by atoms with van der Waals surface area (Å²) in [7, 11) is 0. The van der Waals surface area contributed by atoms with E-state index in [0.29, 0.717) is 0 Å². The predicted octanol–water partition coefficient (Wildman–Crippen LogP) is -8.94. The van der Waals surface area contributed by atoms with Gasteiger partial charge in [-0.15, -0.1) is 23.0 Å². The second-order valence-electron chi connectivity index (χ2n) is 5.25. The molecule has 0 bridgehead atoms. The monoisotopic (exact) mass is 464 g/mol. The zero-order valence-electron chi connectivity index (χ0n) is 19.2. The molecular formula is C24H20Na4O4. The minimum Gasteiger partial charge on any atom is -0.872 e. The number of para-hydroxylation sites is 4. The average molecular weight is 464 g/mol. The van der Waals surface area contributed by atoms with Crippen molar-refractivity contribution in [2.75, 3.05) is 0 Å². The van der Waals surface area contributed by atoms with Gasteiger partial charge in [-0.1, -0.05) is 121 Å². The van der Waals surface area contributed by atoms with Crippen LogP contribution in [0.2, 0.25) is 0 Å². The minimum absolute atomic E-state index is 0. The van der Waals surface area contributed by atoms with Gasteiger partial charge >= 0.3 is 118 Å². The quantitative estimate of drug-likeness (QED) is 0.242. The molecule has 8 heteroatoms. The molecule has 0 N–H and O–H groups in total.